The van der Waals surface area contributed by atoms with E-state index in [2.05, 4.69) is 0 Å². The smallest absolute Gasteiger partial charge is 0.186 e. The summed E-state index contributed by atoms with van der Waals surface area (Å²) in [5.74, 6) is 0. The van der Waals surface area contributed by atoms with Gasteiger partial charge in [0.25, 0.3) is 0 Å². The van der Waals surface area contributed by atoms with Crippen molar-refractivity contribution in [1.82, 2.24) is 0 Å². The SMILES string of the molecule is COC1Cc2ccc(S(=O)O)cc2C1. The van der Waals surface area contributed by atoms with E-state index in [1.807, 2.05) is 6.07 Å². The van der Waals surface area contributed by atoms with Crippen LogP contribution in [0.2, 0.25) is 0 Å². The summed E-state index contributed by atoms with van der Waals surface area (Å²) in [5, 5.41) is 0. The molecular formula is C10H12O3S. The molecule has 0 aromatic heterocycles. The zero-order valence-corrected chi connectivity index (χ0v) is 8.71. The van der Waals surface area contributed by atoms with Crippen LogP contribution in [0.1, 0.15) is 11.1 Å². The van der Waals surface area contributed by atoms with E-state index in [1.54, 1.807) is 19.2 Å². The lowest BCUT2D eigenvalue weighted by Crippen LogP contribution is -2.08. The molecule has 2 atom stereocenters. The van der Waals surface area contributed by atoms with Crippen LogP contribution in [0.4, 0.5) is 0 Å². The molecule has 1 N–H and O–H groups in total. The van der Waals surface area contributed by atoms with Crippen LogP contribution < -0.4 is 0 Å². The average Bonchev–Trinajstić information content (AvgIpc) is 2.58. The van der Waals surface area contributed by atoms with Gasteiger partial charge in [-0.05, 0) is 36.1 Å². The predicted octanol–water partition coefficient (Wildman–Crippen LogP) is 1.38. The standard InChI is InChI=1S/C10H12O3S/c1-13-9-4-7-2-3-10(14(11)12)6-8(7)5-9/h2-3,6,9H,4-5H2,1H3,(H,11,12). The van der Waals surface area contributed by atoms with Crippen LogP contribution in [0.3, 0.4) is 0 Å². The first-order chi connectivity index (χ1) is 6.70. The molecule has 1 aromatic carbocycles. The fraction of sp³-hybridized carbons (Fsp3) is 0.400. The lowest BCUT2D eigenvalue weighted by Gasteiger charge is -2.03. The number of methoxy groups -OCH3 is 1. The summed E-state index contributed by atoms with van der Waals surface area (Å²) in [4.78, 5) is 0.473. The molecular weight excluding hydrogens is 200 g/mol. The number of rotatable bonds is 2. The maximum atomic E-state index is 10.8. The van der Waals surface area contributed by atoms with Crippen molar-refractivity contribution in [3.05, 3.63) is 29.3 Å². The molecule has 3 nitrogen and oxygen atoms in total. The Kier molecular flexibility index (Phi) is 2.67. The highest BCUT2D eigenvalue weighted by atomic mass is 32.2. The van der Waals surface area contributed by atoms with Gasteiger partial charge in [0.05, 0.1) is 11.0 Å². The summed E-state index contributed by atoms with van der Waals surface area (Å²) in [6.07, 6.45) is 1.98. The molecule has 0 heterocycles. The second-order valence-corrected chi connectivity index (χ2v) is 4.42. The molecule has 4 heteroatoms. The number of fused-ring (bicyclic) bond motifs is 1. The van der Waals surface area contributed by atoms with E-state index in [1.165, 1.54) is 5.56 Å². The maximum Gasteiger partial charge on any atom is 0.186 e. The van der Waals surface area contributed by atoms with Crippen molar-refractivity contribution < 1.29 is 13.5 Å². The molecule has 0 saturated heterocycles. The first-order valence-corrected chi connectivity index (χ1v) is 5.57. The Morgan fingerprint density at radius 3 is 2.79 bits per heavy atom. The van der Waals surface area contributed by atoms with Gasteiger partial charge in [0.2, 0.25) is 0 Å². The van der Waals surface area contributed by atoms with Gasteiger partial charge in [-0.3, -0.25) is 0 Å². The first kappa shape index (κ1) is 9.83. The van der Waals surface area contributed by atoms with Crippen molar-refractivity contribution >= 4 is 11.1 Å². The van der Waals surface area contributed by atoms with Crippen molar-refractivity contribution in [2.24, 2.45) is 0 Å². The van der Waals surface area contributed by atoms with Gasteiger partial charge in [-0.15, -0.1) is 0 Å². The molecule has 0 spiro atoms. The molecule has 76 valence electrons. The number of hydrogen-bond donors (Lipinski definition) is 1. The van der Waals surface area contributed by atoms with Crippen molar-refractivity contribution in [2.75, 3.05) is 7.11 Å². The quantitative estimate of drug-likeness (QED) is 0.753. The van der Waals surface area contributed by atoms with Crippen molar-refractivity contribution in [3.63, 3.8) is 0 Å². The maximum absolute atomic E-state index is 10.8. The van der Waals surface area contributed by atoms with Gasteiger partial charge >= 0.3 is 0 Å². The van der Waals surface area contributed by atoms with Gasteiger partial charge in [-0.25, -0.2) is 4.21 Å². The van der Waals surface area contributed by atoms with E-state index < -0.39 is 11.1 Å². The van der Waals surface area contributed by atoms with Gasteiger partial charge in [0, 0.05) is 7.11 Å². The highest BCUT2D eigenvalue weighted by Crippen LogP contribution is 2.25. The van der Waals surface area contributed by atoms with Gasteiger partial charge in [0.1, 0.15) is 0 Å². The van der Waals surface area contributed by atoms with Gasteiger partial charge < -0.3 is 9.29 Å². The summed E-state index contributed by atoms with van der Waals surface area (Å²) in [6, 6.07) is 5.41. The molecule has 0 amide bonds. The normalized spacial score (nSPS) is 22.0. The minimum atomic E-state index is -1.88. The summed E-state index contributed by atoms with van der Waals surface area (Å²) in [7, 11) is 1.70. The molecule has 0 fully saturated rings. The summed E-state index contributed by atoms with van der Waals surface area (Å²) in [5.41, 5.74) is 2.36. The third kappa shape index (κ3) is 1.73. The number of hydrogen-bond acceptors (Lipinski definition) is 2. The van der Waals surface area contributed by atoms with Crippen molar-refractivity contribution in [1.29, 1.82) is 0 Å². The van der Waals surface area contributed by atoms with E-state index in [0.29, 0.717) is 4.90 Å². The highest BCUT2D eigenvalue weighted by molar-refractivity contribution is 7.79. The van der Waals surface area contributed by atoms with Gasteiger partial charge in [-0.1, -0.05) is 6.07 Å². The largest absolute Gasteiger partial charge is 0.381 e. The second-order valence-electron chi connectivity index (χ2n) is 3.45. The Morgan fingerprint density at radius 1 is 1.43 bits per heavy atom. The predicted molar refractivity (Wildman–Crippen MR) is 53.7 cm³/mol. The zero-order valence-electron chi connectivity index (χ0n) is 7.90. The summed E-state index contributed by atoms with van der Waals surface area (Å²) >= 11 is -1.88. The van der Waals surface area contributed by atoms with E-state index in [-0.39, 0.29) is 6.10 Å². The van der Waals surface area contributed by atoms with E-state index >= 15 is 0 Å². The minimum Gasteiger partial charge on any atom is -0.381 e. The Bertz CT molecular complexity index is 376. The fourth-order valence-electron chi connectivity index (χ4n) is 1.83. The second kappa shape index (κ2) is 3.81. The fourth-order valence-corrected chi connectivity index (χ4v) is 2.26. The van der Waals surface area contributed by atoms with Crippen molar-refractivity contribution in [3.8, 4) is 0 Å². The van der Waals surface area contributed by atoms with E-state index in [4.69, 9.17) is 9.29 Å². The minimum absolute atomic E-state index is 0.229. The first-order valence-electron chi connectivity index (χ1n) is 4.46. The Hall–Kier alpha value is -0.710. The number of benzene rings is 1. The van der Waals surface area contributed by atoms with E-state index in [0.717, 1.165) is 18.4 Å². The molecule has 2 unspecified atom stereocenters. The summed E-state index contributed by atoms with van der Waals surface area (Å²) < 4.78 is 25.0. The lowest BCUT2D eigenvalue weighted by atomic mass is 10.1. The van der Waals surface area contributed by atoms with Gasteiger partial charge in [0.15, 0.2) is 11.1 Å². The molecule has 0 radical (unpaired) electrons. The molecule has 1 aliphatic rings. The molecule has 2 rings (SSSR count). The Morgan fingerprint density at radius 2 is 2.14 bits per heavy atom. The third-order valence-corrected chi connectivity index (χ3v) is 3.27. The topological polar surface area (TPSA) is 46.5 Å². The molecule has 1 aromatic rings. The summed E-state index contributed by atoms with van der Waals surface area (Å²) in [6.45, 7) is 0. The number of ether oxygens (including phenoxy) is 1. The van der Waals surface area contributed by atoms with Crippen LogP contribution in [0.5, 0.6) is 0 Å². The Labute approximate surface area is 85.4 Å². The zero-order chi connectivity index (χ0) is 10.1. The molecule has 0 aliphatic heterocycles. The molecule has 14 heavy (non-hydrogen) atoms. The monoisotopic (exact) mass is 212 g/mol. The molecule has 1 aliphatic carbocycles. The van der Waals surface area contributed by atoms with Crippen LogP contribution in [0.15, 0.2) is 23.1 Å². The third-order valence-electron chi connectivity index (χ3n) is 2.61. The average molecular weight is 212 g/mol. The Balaban J connectivity index is 2.31. The van der Waals surface area contributed by atoms with Crippen LogP contribution in [0.25, 0.3) is 0 Å². The highest BCUT2D eigenvalue weighted by Gasteiger charge is 2.21. The van der Waals surface area contributed by atoms with E-state index in [9.17, 15) is 4.21 Å². The lowest BCUT2D eigenvalue weighted by molar-refractivity contribution is 0.112. The van der Waals surface area contributed by atoms with Gasteiger partial charge in [-0.2, -0.15) is 0 Å². The van der Waals surface area contributed by atoms with Crippen LogP contribution >= 0.6 is 0 Å². The molecule has 0 bridgehead atoms. The van der Waals surface area contributed by atoms with Crippen molar-refractivity contribution in [2.45, 2.75) is 23.8 Å². The van der Waals surface area contributed by atoms with Crippen LogP contribution in [-0.4, -0.2) is 22.0 Å². The van der Waals surface area contributed by atoms with Crippen LogP contribution in [-0.2, 0) is 28.7 Å². The van der Waals surface area contributed by atoms with Crippen LogP contribution in [0, 0.1) is 0 Å². The molecule has 0 saturated carbocycles.